The van der Waals surface area contributed by atoms with Gasteiger partial charge in [0.2, 0.25) is 0 Å². The van der Waals surface area contributed by atoms with Gasteiger partial charge in [0.15, 0.2) is 0 Å². The van der Waals surface area contributed by atoms with Crippen LogP contribution < -0.4 is 15.5 Å². The quantitative estimate of drug-likeness (QED) is 0.369. The second-order valence-corrected chi connectivity index (χ2v) is 6.45. The number of carbonyl (C=O) groups excluding carboxylic acids is 2. The van der Waals surface area contributed by atoms with E-state index in [1.807, 2.05) is 49.4 Å². The van der Waals surface area contributed by atoms with Gasteiger partial charge >= 0.3 is 11.8 Å². The van der Waals surface area contributed by atoms with Crippen LogP contribution in [0, 0.1) is 0 Å². The molecule has 148 valence electrons. The van der Waals surface area contributed by atoms with Gasteiger partial charge in [0.25, 0.3) is 0 Å². The highest BCUT2D eigenvalue weighted by Crippen LogP contribution is 2.20. The number of rotatable bonds is 7. The van der Waals surface area contributed by atoms with E-state index in [0.717, 1.165) is 23.3 Å². The largest absolute Gasteiger partial charge is 0.489 e. The summed E-state index contributed by atoms with van der Waals surface area (Å²) >= 11 is 0. The molecular formula is C23H23N3O3. The fourth-order valence-electron chi connectivity index (χ4n) is 2.76. The third-order valence-corrected chi connectivity index (χ3v) is 4.28. The maximum Gasteiger partial charge on any atom is 0.329 e. The Balaban J connectivity index is 1.53. The van der Waals surface area contributed by atoms with Crippen LogP contribution in [-0.2, 0) is 16.2 Å². The Morgan fingerprint density at radius 3 is 2.52 bits per heavy atom. The predicted molar refractivity (Wildman–Crippen MR) is 114 cm³/mol. The summed E-state index contributed by atoms with van der Waals surface area (Å²) < 4.78 is 5.90. The van der Waals surface area contributed by atoms with E-state index < -0.39 is 11.8 Å². The van der Waals surface area contributed by atoms with E-state index in [0.29, 0.717) is 13.2 Å². The Morgan fingerprint density at radius 2 is 1.72 bits per heavy atom. The minimum Gasteiger partial charge on any atom is -0.489 e. The highest BCUT2D eigenvalue weighted by molar-refractivity contribution is 6.35. The maximum absolute atomic E-state index is 11.5. The van der Waals surface area contributed by atoms with Crippen LogP contribution >= 0.6 is 0 Å². The van der Waals surface area contributed by atoms with Crippen LogP contribution in [0.2, 0.25) is 0 Å². The van der Waals surface area contributed by atoms with Gasteiger partial charge in [0.1, 0.15) is 12.4 Å². The molecule has 0 heterocycles. The Morgan fingerprint density at radius 1 is 0.966 bits per heavy atom. The molecule has 0 spiro atoms. The topological polar surface area (TPSA) is 79.8 Å². The molecule has 29 heavy (non-hydrogen) atoms. The van der Waals surface area contributed by atoms with Gasteiger partial charge in [-0.25, -0.2) is 5.43 Å². The molecule has 2 N–H and O–H groups in total. The summed E-state index contributed by atoms with van der Waals surface area (Å²) in [4.78, 5) is 23.0. The number of carbonyl (C=O) groups is 2. The molecule has 3 rings (SSSR count). The van der Waals surface area contributed by atoms with Crippen LogP contribution in [0.3, 0.4) is 0 Å². The van der Waals surface area contributed by atoms with Crippen LogP contribution in [0.1, 0.15) is 24.5 Å². The standard InChI is InChI=1S/C23H23N3O3/c1-2-14-24-22(27)23(28)26-25-15-17-10-12-20(13-11-17)29-16-19-8-5-7-18-6-3-4-9-21(18)19/h3-13,15H,2,14,16H2,1H3,(H,24,27)(H,26,28)/b25-15-. The number of ether oxygens (including phenoxy) is 1. The molecule has 0 radical (unpaired) electrons. The van der Waals surface area contributed by atoms with Crippen molar-refractivity contribution in [1.82, 2.24) is 10.7 Å². The number of nitrogens with zero attached hydrogens (tertiary/aromatic N) is 1. The summed E-state index contributed by atoms with van der Waals surface area (Å²) in [6.45, 7) is 2.83. The first kappa shape index (κ1) is 20.1. The van der Waals surface area contributed by atoms with Crippen molar-refractivity contribution < 1.29 is 14.3 Å². The second-order valence-electron chi connectivity index (χ2n) is 6.45. The highest BCUT2D eigenvalue weighted by atomic mass is 16.5. The molecule has 3 aromatic carbocycles. The van der Waals surface area contributed by atoms with Gasteiger partial charge in [0.05, 0.1) is 6.21 Å². The number of hydrogen-bond donors (Lipinski definition) is 2. The van der Waals surface area contributed by atoms with Crippen LogP contribution in [-0.4, -0.2) is 24.6 Å². The molecule has 6 heteroatoms. The summed E-state index contributed by atoms with van der Waals surface area (Å²) in [6, 6.07) is 21.7. The first-order valence-corrected chi connectivity index (χ1v) is 9.48. The average molecular weight is 389 g/mol. The monoisotopic (exact) mass is 389 g/mol. The minimum atomic E-state index is -0.787. The zero-order chi connectivity index (χ0) is 20.5. The van der Waals surface area contributed by atoms with Crippen molar-refractivity contribution in [2.75, 3.05) is 6.54 Å². The number of amides is 2. The number of benzene rings is 3. The molecule has 2 amide bonds. The average Bonchev–Trinajstić information content (AvgIpc) is 2.76. The van der Waals surface area contributed by atoms with Gasteiger partial charge in [-0.15, -0.1) is 0 Å². The van der Waals surface area contributed by atoms with Crippen LogP contribution in [0.5, 0.6) is 5.75 Å². The first-order valence-electron chi connectivity index (χ1n) is 9.48. The number of fused-ring (bicyclic) bond motifs is 1. The maximum atomic E-state index is 11.5. The van der Waals surface area contributed by atoms with Crippen LogP contribution in [0.4, 0.5) is 0 Å². The molecule has 0 saturated carbocycles. The first-order chi connectivity index (χ1) is 14.2. The van der Waals surface area contributed by atoms with Crippen molar-refractivity contribution in [3.63, 3.8) is 0 Å². The number of nitrogens with one attached hydrogen (secondary N) is 2. The van der Waals surface area contributed by atoms with E-state index in [1.165, 1.54) is 17.0 Å². The summed E-state index contributed by atoms with van der Waals surface area (Å²) in [5.41, 5.74) is 4.10. The summed E-state index contributed by atoms with van der Waals surface area (Å²) in [7, 11) is 0. The smallest absolute Gasteiger partial charge is 0.329 e. The second kappa shape index (κ2) is 10.0. The van der Waals surface area contributed by atoms with E-state index in [1.54, 1.807) is 0 Å². The SMILES string of the molecule is CCCNC(=O)C(=O)N/N=C\c1ccc(OCc2cccc3ccccc23)cc1. The van der Waals surface area contributed by atoms with Gasteiger partial charge in [-0.1, -0.05) is 49.4 Å². The summed E-state index contributed by atoms with van der Waals surface area (Å²) in [5, 5.41) is 8.65. The Labute approximate surface area is 169 Å². The Kier molecular flexibility index (Phi) is 6.95. The van der Waals surface area contributed by atoms with Gasteiger partial charge in [-0.05, 0) is 52.6 Å². The number of hydrogen-bond acceptors (Lipinski definition) is 4. The lowest BCUT2D eigenvalue weighted by Gasteiger charge is -2.09. The molecule has 0 fully saturated rings. The number of hydrazone groups is 1. The lowest BCUT2D eigenvalue weighted by atomic mass is 10.1. The van der Waals surface area contributed by atoms with Gasteiger partial charge in [-0.2, -0.15) is 5.10 Å². The third kappa shape index (κ3) is 5.65. The van der Waals surface area contributed by atoms with Crippen molar-refractivity contribution in [3.05, 3.63) is 77.9 Å². The molecule has 0 saturated heterocycles. The van der Waals surface area contributed by atoms with Gasteiger partial charge in [-0.3, -0.25) is 9.59 Å². The fraction of sp³-hybridized carbons (Fsp3) is 0.174. The summed E-state index contributed by atoms with van der Waals surface area (Å²) in [5.74, 6) is -0.746. The highest BCUT2D eigenvalue weighted by Gasteiger charge is 2.10. The molecule has 6 nitrogen and oxygen atoms in total. The predicted octanol–water partition coefficient (Wildman–Crippen LogP) is 3.40. The van der Waals surface area contributed by atoms with Crippen molar-refractivity contribution in [2.24, 2.45) is 5.10 Å². The molecule has 0 aliphatic carbocycles. The van der Waals surface area contributed by atoms with Crippen molar-refractivity contribution >= 4 is 28.8 Å². The summed E-state index contributed by atoms with van der Waals surface area (Å²) in [6.07, 6.45) is 2.23. The van der Waals surface area contributed by atoms with Crippen LogP contribution in [0.25, 0.3) is 10.8 Å². The molecule has 0 unspecified atom stereocenters. The van der Waals surface area contributed by atoms with E-state index in [-0.39, 0.29) is 0 Å². The molecule has 0 aliphatic rings. The lowest BCUT2D eigenvalue weighted by molar-refractivity contribution is -0.139. The molecule has 0 bridgehead atoms. The zero-order valence-electron chi connectivity index (χ0n) is 16.2. The molecule has 0 aromatic heterocycles. The zero-order valence-corrected chi connectivity index (χ0v) is 16.2. The molecular weight excluding hydrogens is 366 g/mol. The van der Waals surface area contributed by atoms with Crippen molar-refractivity contribution in [2.45, 2.75) is 20.0 Å². The van der Waals surface area contributed by atoms with E-state index in [2.05, 4.69) is 40.1 Å². The molecule has 3 aromatic rings. The Bertz CT molecular complexity index is 1010. The van der Waals surface area contributed by atoms with Gasteiger partial charge in [0, 0.05) is 6.54 Å². The third-order valence-electron chi connectivity index (χ3n) is 4.28. The lowest BCUT2D eigenvalue weighted by Crippen LogP contribution is -2.38. The fourth-order valence-corrected chi connectivity index (χ4v) is 2.76. The minimum absolute atomic E-state index is 0.455. The van der Waals surface area contributed by atoms with Gasteiger partial charge < -0.3 is 10.1 Å². The van der Waals surface area contributed by atoms with E-state index >= 15 is 0 Å². The normalized spacial score (nSPS) is 10.8. The van der Waals surface area contributed by atoms with Crippen LogP contribution in [0.15, 0.2) is 71.8 Å². The van der Waals surface area contributed by atoms with Crippen molar-refractivity contribution in [3.8, 4) is 5.75 Å². The van der Waals surface area contributed by atoms with Crippen molar-refractivity contribution in [1.29, 1.82) is 0 Å². The molecule has 0 atom stereocenters. The van der Waals surface area contributed by atoms with E-state index in [9.17, 15) is 9.59 Å². The van der Waals surface area contributed by atoms with E-state index in [4.69, 9.17) is 4.74 Å². The molecule has 0 aliphatic heterocycles. The Hall–Kier alpha value is -3.67.